The van der Waals surface area contributed by atoms with Crippen molar-refractivity contribution < 1.29 is 9.47 Å². The first-order valence-electron chi connectivity index (χ1n) is 11.9. The van der Waals surface area contributed by atoms with Crippen molar-refractivity contribution in [1.82, 2.24) is 4.98 Å². The van der Waals surface area contributed by atoms with E-state index in [1.165, 1.54) is 42.5 Å². The Kier molecular flexibility index (Phi) is 5.94. The lowest BCUT2D eigenvalue weighted by Crippen LogP contribution is -2.46. The van der Waals surface area contributed by atoms with E-state index in [0.29, 0.717) is 0 Å². The van der Waals surface area contributed by atoms with E-state index in [0.717, 1.165) is 38.8 Å². The highest BCUT2D eigenvalue weighted by atomic mass is 16.5. The molecule has 31 heavy (non-hydrogen) atoms. The SMILES string of the molecule is CO[C@@H]1Cc2ccccc2C1/C=N/CC[C@@]1(c2ccccn2)CCOC2(CCCC2)C1. The lowest BCUT2D eigenvalue weighted by Gasteiger charge is -2.46. The van der Waals surface area contributed by atoms with Gasteiger partial charge in [0.15, 0.2) is 0 Å². The first-order valence-corrected chi connectivity index (χ1v) is 11.9. The van der Waals surface area contributed by atoms with Gasteiger partial charge in [-0.25, -0.2) is 0 Å². The van der Waals surface area contributed by atoms with Crippen molar-refractivity contribution in [3.05, 3.63) is 65.5 Å². The van der Waals surface area contributed by atoms with Crippen LogP contribution in [0.25, 0.3) is 0 Å². The van der Waals surface area contributed by atoms with Crippen LogP contribution in [-0.4, -0.2) is 43.2 Å². The number of rotatable bonds is 6. The molecule has 2 aliphatic carbocycles. The summed E-state index contributed by atoms with van der Waals surface area (Å²) >= 11 is 0. The van der Waals surface area contributed by atoms with Crippen LogP contribution in [0.15, 0.2) is 53.7 Å². The molecule has 2 aromatic rings. The minimum absolute atomic E-state index is 0.0605. The van der Waals surface area contributed by atoms with Crippen molar-refractivity contribution in [3.63, 3.8) is 0 Å². The molecule has 3 aliphatic rings. The molecule has 1 aromatic heterocycles. The number of fused-ring (bicyclic) bond motifs is 1. The fraction of sp³-hybridized carbons (Fsp3) is 0.556. The monoisotopic (exact) mass is 418 g/mol. The predicted molar refractivity (Wildman–Crippen MR) is 124 cm³/mol. The minimum atomic E-state index is 0.0605. The lowest BCUT2D eigenvalue weighted by molar-refractivity contribution is -0.104. The van der Waals surface area contributed by atoms with Crippen molar-refractivity contribution in [2.75, 3.05) is 20.3 Å². The topological polar surface area (TPSA) is 43.7 Å². The highest BCUT2D eigenvalue weighted by molar-refractivity contribution is 5.71. The summed E-state index contributed by atoms with van der Waals surface area (Å²) in [7, 11) is 1.82. The Labute approximate surface area is 186 Å². The molecule has 1 unspecified atom stereocenters. The summed E-state index contributed by atoms with van der Waals surface area (Å²) in [6.07, 6.45) is 13.4. The lowest BCUT2D eigenvalue weighted by atomic mass is 9.68. The van der Waals surface area contributed by atoms with Crippen LogP contribution in [0.3, 0.4) is 0 Å². The smallest absolute Gasteiger partial charge is 0.0729 e. The average Bonchev–Trinajstić information content (AvgIpc) is 3.41. The number of hydrogen-bond donors (Lipinski definition) is 0. The molecule has 164 valence electrons. The number of pyridine rings is 1. The third-order valence-electron chi connectivity index (χ3n) is 7.90. The van der Waals surface area contributed by atoms with Crippen LogP contribution in [0.4, 0.5) is 0 Å². The van der Waals surface area contributed by atoms with Gasteiger partial charge in [0.05, 0.1) is 11.7 Å². The molecule has 2 heterocycles. The van der Waals surface area contributed by atoms with Crippen molar-refractivity contribution in [2.24, 2.45) is 4.99 Å². The fourth-order valence-corrected chi connectivity index (χ4v) is 6.26. The zero-order valence-corrected chi connectivity index (χ0v) is 18.6. The molecule has 0 radical (unpaired) electrons. The molecular formula is C27H34N2O2. The molecule has 5 rings (SSSR count). The van der Waals surface area contributed by atoms with Gasteiger partial charge in [0, 0.05) is 49.7 Å². The van der Waals surface area contributed by atoms with E-state index >= 15 is 0 Å². The van der Waals surface area contributed by atoms with Gasteiger partial charge in [-0.15, -0.1) is 0 Å². The number of benzene rings is 1. The largest absolute Gasteiger partial charge is 0.380 e. The number of ether oxygens (including phenoxy) is 2. The van der Waals surface area contributed by atoms with Crippen molar-refractivity contribution in [1.29, 1.82) is 0 Å². The third kappa shape index (κ3) is 4.08. The highest BCUT2D eigenvalue weighted by Gasteiger charge is 2.48. The van der Waals surface area contributed by atoms with Gasteiger partial charge < -0.3 is 9.47 Å². The van der Waals surface area contributed by atoms with E-state index in [4.69, 9.17) is 19.5 Å². The molecule has 0 N–H and O–H groups in total. The Morgan fingerprint density at radius 2 is 1.97 bits per heavy atom. The average molecular weight is 419 g/mol. The summed E-state index contributed by atoms with van der Waals surface area (Å²) in [6.45, 7) is 1.66. The van der Waals surface area contributed by atoms with E-state index in [1.54, 1.807) is 0 Å². The quantitative estimate of drug-likeness (QED) is 0.601. The van der Waals surface area contributed by atoms with Gasteiger partial charge in [-0.2, -0.15) is 0 Å². The molecule has 0 amide bonds. The van der Waals surface area contributed by atoms with Crippen LogP contribution in [0.5, 0.6) is 0 Å². The molecular weight excluding hydrogens is 384 g/mol. The van der Waals surface area contributed by atoms with Gasteiger partial charge in [0.2, 0.25) is 0 Å². The Hall–Kier alpha value is -2.04. The molecule has 4 heteroatoms. The van der Waals surface area contributed by atoms with Crippen molar-refractivity contribution >= 4 is 6.21 Å². The number of aromatic nitrogens is 1. The van der Waals surface area contributed by atoms with E-state index in [9.17, 15) is 0 Å². The first-order chi connectivity index (χ1) is 15.2. The molecule has 1 saturated heterocycles. The molecule has 0 bridgehead atoms. The summed E-state index contributed by atoms with van der Waals surface area (Å²) in [5, 5.41) is 0. The zero-order chi connectivity index (χ0) is 21.2. The molecule has 1 aliphatic heterocycles. The number of aliphatic imine (C=N–C) groups is 1. The van der Waals surface area contributed by atoms with Gasteiger partial charge in [-0.1, -0.05) is 43.2 Å². The van der Waals surface area contributed by atoms with E-state index in [1.807, 2.05) is 19.4 Å². The summed E-state index contributed by atoms with van der Waals surface area (Å²) in [4.78, 5) is 9.77. The van der Waals surface area contributed by atoms with E-state index in [2.05, 4.69) is 42.6 Å². The van der Waals surface area contributed by atoms with Gasteiger partial charge in [-0.3, -0.25) is 9.98 Å². The van der Waals surface area contributed by atoms with Crippen LogP contribution in [0.1, 0.15) is 67.7 Å². The van der Waals surface area contributed by atoms with Crippen LogP contribution in [0, 0.1) is 0 Å². The molecule has 1 spiro atoms. The summed E-state index contributed by atoms with van der Waals surface area (Å²) in [5.74, 6) is 0.253. The second-order valence-electron chi connectivity index (χ2n) is 9.67. The normalized spacial score (nSPS) is 29.6. The molecule has 2 fully saturated rings. The van der Waals surface area contributed by atoms with E-state index in [-0.39, 0.29) is 23.0 Å². The number of nitrogens with zero attached hydrogens (tertiary/aromatic N) is 2. The van der Waals surface area contributed by atoms with Crippen molar-refractivity contribution in [3.8, 4) is 0 Å². The van der Waals surface area contributed by atoms with Gasteiger partial charge >= 0.3 is 0 Å². The third-order valence-corrected chi connectivity index (χ3v) is 7.90. The van der Waals surface area contributed by atoms with Crippen LogP contribution in [-0.2, 0) is 21.3 Å². The number of hydrogen-bond acceptors (Lipinski definition) is 4. The Balaban J connectivity index is 1.34. The van der Waals surface area contributed by atoms with Crippen LogP contribution < -0.4 is 0 Å². The second kappa shape index (κ2) is 8.84. The maximum atomic E-state index is 6.38. The molecule has 4 nitrogen and oxygen atoms in total. The maximum Gasteiger partial charge on any atom is 0.0729 e. The van der Waals surface area contributed by atoms with Gasteiger partial charge in [0.1, 0.15) is 0 Å². The Morgan fingerprint density at radius 1 is 1.13 bits per heavy atom. The standard InChI is InChI=1S/C27H34N2O2/c1-30-24-18-21-8-2-3-9-22(21)23(24)19-28-16-13-26(25-10-4-7-15-29-25)14-17-31-27(20-26)11-5-6-12-27/h2-4,7-10,15,19,23-24H,5-6,11-14,16-18,20H2,1H3/b28-19+/t23?,24-,26-/m1/s1. The first kappa shape index (κ1) is 20.8. The maximum absolute atomic E-state index is 6.38. The predicted octanol–water partition coefficient (Wildman–Crippen LogP) is 5.26. The Bertz CT molecular complexity index is 906. The minimum Gasteiger partial charge on any atom is -0.380 e. The molecule has 3 atom stereocenters. The van der Waals surface area contributed by atoms with Gasteiger partial charge in [-0.05, 0) is 61.8 Å². The number of methoxy groups -OCH3 is 1. The summed E-state index contributed by atoms with van der Waals surface area (Å²) in [5.41, 5.74) is 4.11. The zero-order valence-electron chi connectivity index (χ0n) is 18.6. The highest BCUT2D eigenvalue weighted by Crippen LogP contribution is 2.49. The Morgan fingerprint density at radius 3 is 2.77 bits per heavy atom. The fourth-order valence-electron chi connectivity index (χ4n) is 6.26. The van der Waals surface area contributed by atoms with Gasteiger partial charge in [0.25, 0.3) is 0 Å². The second-order valence-corrected chi connectivity index (χ2v) is 9.67. The van der Waals surface area contributed by atoms with E-state index < -0.39 is 0 Å². The molecule has 1 aromatic carbocycles. The van der Waals surface area contributed by atoms with Crippen molar-refractivity contribution in [2.45, 2.75) is 74.4 Å². The summed E-state index contributed by atoms with van der Waals surface area (Å²) in [6, 6.07) is 15.0. The summed E-state index contributed by atoms with van der Waals surface area (Å²) < 4.78 is 12.2. The van der Waals surface area contributed by atoms with Crippen LogP contribution >= 0.6 is 0 Å². The van der Waals surface area contributed by atoms with Crippen LogP contribution in [0.2, 0.25) is 0 Å². The molecule has 1 saturated carbocycles.